The van der Waals surface area contributed by atoms with Crippen LogP contribution in [-0.2, 0) is 17.7 Å². The fourth-order valence-corrected chi connectivity index (χ4v) is 2.70. The van der Waals surface area contributed by atoms with Crippen LogP contribution in [0.15, 0.2) is 34.9 Å². The molecule has 7 heteroatoms. The van der Waals surface area contributed by atoms with Gasteiger partial charge in [0.1, 0.15) is 0 Å². The molecule has 1 saturated heterocycles. The van der Waals surface area contributed by atoms with Gasteiger partial charge < -0.3 is 14.2 Å². The van der Waals surface area contributed by atoms with Crippen LogP contribution in [0, 0.1) is 0 Å². The van der Waals surface area contributed by atoms with Gasteiger partial charge in [0.05, 0.1) is 19.6 Å². The van der Waals surface area contributed by atoms with Crippen molar-refractivity contribution >= 4 is 6.09 Å². The zero-order valence-electron chi connectivity index (χ0n) is 13.9. The van der Waals surface area contributed by atoms with E-state index < -0.39 is 0 Å². The first-order valence-electron chi connectivity index (χ1n) is 8.24. The molecule has 0 atom stereocenters. The second-order valence-corrected chi connectivity index (χ2v) is 5.73. The first kappa shape index (κ1) is 16.4. The minimum atomic E-state index is -0.234. The van der Waals surface area contributed by atoms with Gasteiger partial charge in [0.2, 0.25) is 5.89 Å². The van der Waals surface area contributed by atoms with E-state index >= 15 is 0 Å². The van der Waals surface area contributed by atoms with E-state index in [0.717, 1.165) is 18.7 Å². The van der Waals surface area contributed by atoms with Crippen LogP contribution in [0.5, 0.6) is 0 Å². The van der Waals surface area contributed by atoms with Gasteiger partial charge in [-0.3, -0.25) is 4.90 Å². The molecule has 128 valence electrons. The summed E-state index contributed by atoms with van der Waals surface area (Å²) >= 11 is 0. The molecule has 0 radical (unpaired) electrons. The van der Waals surface area contributed by atoms with Crippen molar-refractivity contribution in [1.29, 1.82) is 0 Å². The largest absolute Gasteiger partial charge is 0.450 e. The molecule has 0 unspecified atom stereocenters. The first-order valence-corrected chi connectivity index (χ1v) is 8.24. The topological polar surface area (TPSA) is 71.7 Å². The van der Waals surface area contributed by atoms with Gasteiger partial charge in [0, 0.05) is 26.2 Å². The van der Waals surface area contributed by atoms with E-state index in [9.17, 15) is 4.79 Å². The molecular formula is C17H22N4O3. The molecule has 24 heavy (non-hydrogen) atoms. The zero-order chi connectivity index (χ0) is 16.8. The number of hydrogen-bond acceptors (Lipinski definition) is 6. The fourth-order valence-electron chi connectivity index (χ4n) is 2.70. The van der Waals surface area contributed by atoms with Crippen LogP contribution in [-0.4, -0.2) is 58.8 Å². The molecular weight excluding hydrogens is 308 g/mol. The van der Waals surface area contributed by atoms with Gasteiger partial charge >= 0.3 is 6.09 Å². The normalized spacial score (nSPS) is 15.5. The Labute approximate surface area is 141 Å². The summed E-state index contributed by atoms with van der Waals surface area (Å²) in [5.74, 6) is 1.31. The van der Waals surface area contributed by atoms with Crippen molar-refractivity contribution in [2.75, 3.05) is 32.8 Å². The number of carbonyl (C=O) groups excluding carboxylic acids is 1. The van der Waals surface area contributed by atoms with Crippen LogP contribution < -0.4 is 0 Å². The molecule has 0 spiro atoms. The summed E-state index contributed by atoms with van der Waals surface area (Å²) in [6.07, 6.45) is 0.409. The number of aromatic nitrogens is 2. The van der Waals surface area contributed by atoms with Crippen LogP contribution in [0.4, 0.5) is 4.79 Å². The maximum absolute atomic E-state index is 11.7. The van der Waals surface area contributed by atoms with Crippen molar-refractivity contribution in [3.05, 3.63) is 47.6 Å². The Morgan fingerprint density at radius 1 is 1.21 bits per heavy atom. The monoisotopic (exact) mass is 330 g/mol. The van der Waals surface area contributed by atoms with Crippen LogP contribution in [0.1, 0.15) is 24.2 Å². The molecule has 2 aromatic rings. The predicted octanol–water partition coefficient (Wildman–Crippen LogP) is 1.93. The summed E-state index contributed by atoms with van der Waals surface area (Å²) < 4.78 is 10.4. The molecule has 1 amide bonds. The van der Waals surface area contributed by atoms with Gasteiger partial charge in [-0.1, -0.05) is 35.5 Å². The second-order valence-electron chi connectivity index (χ2n) is 5.73. The molecule has 0 aliphatic carbocycles. The predicted molar refractivity (Wildman–Crippen MR) is 87.4 cm³/mol. The van der Waals surface area contributed by atoms with Crippen molar-refractivity contribution < 1.29 is 14.1 Å². The van der Waals surface area contributed by atoms with Gasteiger partial charge in [-0.05, 0) is 12.5 Å². The summed E-state index contributed by atoms with van der Waals surface area (Å²) in [6, 6.07) is 10.1. The summed E-state index contributed by atoms with van der Waals surface area (Å²) in [5.41, 5.74) is 1.15. The van der Waals surface area contributed by atoms with E-state index in [2.05, 4.69) is 15.0 Å². The number of rotatable bonds is 5. The van der Waals surface area contributed by atoms with Crippen molar-refractivity contribution in [3.63, 3.8) is 0 Å². The lowest BCUT2D eigenvalue weighted by molar-refractivity contribution is 0.0769. The quantitative estimate of drug-likeness (QED) is 0.834. The van der Waals surface area contributed by atoms with Gasteiger partial charge in [0.15, 0.2) is 5.82 Å². The summed E-state index contributed by atoms with van der Waals surface area (Å²) in [4.78, 5) is 20.1. The highest BCUT2D eigenvalue weighted by molar-refractivity contribution is 5.67. The lowest BCUT2D eigenvalue weighted by Gasteiger charge is -2.33. The third kappa shape index (κ3) is 4.32. The molecule has 1 aliphatic heterocycles. The Hall–Kier alpha value is -2.41. The van der Waals surface area contributed by atoms with Crippen LogP contribution in [0.3, 0.4) is 0 Å². The lowest BCUT2D eigenvalue weighted by atomic mass is 10.1. The number of amides is 1. The summed E-state index contributed by atoms with van der Waals surface area (Å²) in [6.45, 7) is 5.74. The summed E-state index contributed by atoms with van der Waals surface area (Å²) in [5, 5.41) is 4.06. The van der Waals surface area contributed by atoms with E-state index in [1.807, 2.05) is 37.3 Å². The average Bonchev–Trinajstić information content (AvgIpc) is 3.03. The average molecular weight is 330 g/mol. The first-order chi connectivity index (χ1) is 11.7. The molecule has 1 fully saturated rings. The fraction of sp³-hybridized carbons (Fsp3) is 0.471. The number of benzene rings is 1. The minimum absolute atomic E-state index is 0.234. The lowest BCUT2D eigenvalue weighted by Crippen LogP contribution is -2.48. The van der Waals surface area contributed by atoms with Crippen molar-refractivity contribution in [1.82, 2.24) is 19.9 Å². The SMILES string of the molecule is CCOC(=O)N1CCN(Cc2noc(Cc3ccccc3)n2)CC1. The molecule has 1 aromatic carbocycles. The Morgan fingerprint density at radius 3 is 2.67 bits per heavy atom. The molecule has 0 saturated carbocycles. The van der Waals surface area contributed by atoms with Crippen LogP contribution in [0.2, 0.25) is 0 Å². The zero-order valence-corrected chi connectivity index (χ0v) is 13.9. The Bertz CT molecular complexity index is 651. The van der Waals surface area contributed by atoms with Crippen LogP contribution >= 0.6 is 0 Å². The van der Waals surface area contributed by atoms with E-state index in [0.29, 0.717) is 44.4 Å². The molecule has 2 heterocycles. The van der Waals surface area contributed by atoms with Crippen molar-refractivity contribution in [2.45, 2.75) is 19.9 Å². The van der Waals surface area contributed by atoms with Crippen molar-refractivity contribution in [2.24, 2.45) is 0 Å². The standard InChI is InChI=1S/C17H22N4O3/c1-2-23-17(22)21-10-8-20(9-11-21)13-15-18-16(24-19-15)12-14-6-4-3-5-7-14/h3-7H,2,8-13H2,1H3. The molecule has 0 N–H and O–H groups in total. The highest BCUT2D eigenvalue weighted by Gasteiger charge is 2.23. The van der Waals surface area contributed by atoms with Crippen molar-refractivity contribution in [3.8, 4) is 0 Å². The summed E-state index contributed by atoms with van der Waals surface area (Å²) in [7, 11) is 0. The third-order valence-corrected chi connectivity index (χ3v) is 3.97. The molecule has 3 rings (SSSR count). The smallest absolute Gasteiger partial charge is 0.409 e. The Kier molecular flexibility index (Phi) is 5.43. The maximum Gasteiger partial charge on any atom is 0.409 e. The molecule has 1 aliphatic rings. The maximum atomic E-state index is 11.7. The number of ether oxygens (including phenoxy) is 1. The van der Waals surface area contributed by atoms with E-state index in [1.165, 1.54) is 0 Å². The Balaban J connectivity index is 1.48. The highest BCUT2D eigenvalue weighted by Crippen LogP contribution is 2.10. The van der Waals surface area contributed by atoms with E-state index in [-0.39, 0.29) is 6.09 Å². The van der Waals surface area contributed by atoms with Gasteiger partial charge in [-0.2, -0.15) is 4.98 Å². The van der Waals surface area contributed by atoms with Gasteiger partial charge in [0.25, 0.3) is 0 Å². The number of piperazine rings is 1. The molecule has 1 aromatic heterocycles. The third-order valence-electron chi connectivity index (χ3n) is 3.97. The Morgan fingerprint density at radius 2 is 1.96 bits per heavy atom. The minimum Gasteiger partial charge on any atom is -0.450 e. The number of nitrogens with zero attached hydrogens (tertiary/aromatic N) is 4. The van der Waals surface area contributed by atoms with Gasteiger partial charge in [-0.25, -0.2) is 4.79 Å². The number of hydrogen-bond donors (Lipinski definition) is 0. The second kappa shape index (κ2) is 7.92. The highest BCUT2D eigenvalue weighted by atomic mass is 16.6. The van der Waals surface area contributed by atoms with Crippen LogP contribution in [0.25, 0.3) is 0 Å². The van der Waals surface area contributed by atoms with E-state index in [1.54, 1.807) is 4.90 Å². The van der Waals surface area contributed by atoms with E-state index in [4.69, 9.17) is 9.26 Å². The van der Waals surface area contributed by atoms with Gasteiger partial charge in [-0.15, -0.1) is 0 Å². The molecule has 0 bridgehead atoms. The molecule has 7 nitrogen and oxygen atoms in total. The number of carbonyl (C=O) groups is 1.